The number of carbonyl (C=O) groups excluding carboxylic acids is 2. The lowest BCUT2D eigenvalue weighted by atomic mass is 9.87. The van der Waals surface area contributed by atoms with Crippen LogP contribution in [0.4, 0.5) is 4.39 Å². The normalized spacial score (nSPS) is 16.2. The van der Waals surface area contributed by atoms with Gasteiger partial charge in [0.2, 0.25) is 5.91 Å². The fraction of sp³-hybridized carbons (Fsp3) is 0.500. The molecule has 1 aliphatic rings. The van der Waals surface area contributed by atoms with Crippen molar-refractivity contribution in [2.75, 3.05) is 19.6 Å². The topological polar surface area (TPSA) is 49.9 Å². The zero-order valence-electron chi connectivity index (χ0n) is 21.0. The maximum atomic E-state index is 13.7. The molecule has 0 radical (unpaired) electrons. The van der Waals surface area contributed by atoms with Gasteiger partial charge in [0, 0.05) is 26.1 Å². The summed E-state index contributed by atoms with van der Waals surface area (Å²) in [5, 5.41) is 0. The highest BCUT2D eigenvalue weighted by atomic mass is 19.1. The minimum absolute atomic E-state index is 0.0194. The first-order valence-corrected chi connectivity index (χ1v) is 12.4. The molecule has 2 aromatic rings. The highest BCUT2D eigenvalue weighted by Crippen LogP contribution is 2.38. The number of likely N-dealkylation sites (N-methyl/N-ethyl adjacent to an activating group) is 1. The van der Waals surface area contributed by atoms with Gasteiger partial charge in [-0.15, -0.1) is 0 Å². The van der Waals surface area contributed by atoms with Crippen LogP contribution in [0.1, 0.15) is 70.2 Å². The third-order valence-electron chi connectivity index (χ3n) is 6.43. The van der Waals surface area contributed by atoms with Gasteiger partial charge in [0.15, 0.2) is 6.10 Å². The van der Waals surface area contributed by atoms with Gasteiger partial charge in [0.25, 0.3) is 5.91 Å². The third kappa shape index (κ3) is 5.78. The summed E-state index contributed by atoms with van der Waals surface area (Å²) in [6.07, 6.45) is 1.20. The van der Waals surface area contributed by atoms with E-state index >= 15 is 0 Å². The molecule has 0 aliphatic carbocycles. The Morgan fingerprint density at radius 2 is 1.76 bits per heavy atom. The first-order valence-electron chi connectivity index (χ1n) is 12.4. The lowest BCUT2D eigenvalue weighted by molar-refractivity contribution is -0.138. The summed E-state index contributed by atoms with van der Waals surface area (Å²) in [6, 6.07) is 11.9. The molecule has 1 aliphatic heterocycles. The number of carbonyl (C=O) groups is 2. The number of rotatable bonds is 9. The molecule has 0 saturated carbocycles. The fourth-order valence-electron chi connectivity index (χ4n) is 4.62. The molecule has 2 unspecified atom stereocenters. The zero-order valence-corrected chi connectivity index (χ0v) is 21.0. The van der Waals surface area contributed by atoms with E-state index in [4.69, 9.17) is 4.74 Å². The van der Waals surface area contributed by atoms with Gasteiger partial charge in [-0.2, -0.15) is 0 Å². The molecule has 0 saturated heterocycles. The van der Waals surface area contributed by atoms with Crippen LogP contribution >= 0.6 is 0 Å². The molecule has 6 heteroatoms. The van der Waals surface area contributed by atoms with Gasteiger partial charge in [0.1, 0.15) is 11.6 Å². The summed E-state index contributed by atoms with van der Waals surface area (Å²) in [5.74, 6) is 0.612. The Morgan fingerprint density at radius 1 is 1.09 bits per heavy atom. The van der Waals surface area contributed by atoms with Crippen molar-refractivity contribution in [3.63, 3.8) is 0 Å². The first-order chi connectivity index (χ1) is 16.3. The Bertz CT molecular complexity index is 986. The Kier molecular flexibility index (Phi) is 8.70. The van der Waals surface area contributed by atoms with Gasteiger partial charge in [-0.3, -0.25) is 9.59 Å². The second kappa shape index (κ2) is 11.5. The van der Waals surface area contributed by atoms with Crippen molar-refractivity contribution < 1.29 is 18.7 Å². The molecule has 34 heavy (non-hydrogen) atoms. The highest BCUT2D eigenvalue weighted by molar-refractivity contribution is 5.81. The molecular weight excluding hydrogens is 431 g/mol. The summed E-state index contributed by atoms with van der Waals surface area (Å²) >= 11 is 0. The van der Waals surface area contributed by atoms with Crippen LogP contribution in [-0.2, 0) is 16.0 Å². The second-order valence-corrected chi connectivity index (χ2v) is 9.28. The maximum Gasteiger partial charge on any atom is 0.263 e. The van der Waals surface area contributed by atoms with Crippen molar-refractivity contribution in [1.82, 2.24) is 9.80 Å². The van der Waals surface area contributed by atoms with Gasteiger partial charge in [0.05, 0.1) is 6.04 Å². The SMILES string of the molecule is CCC(Oc1ccc2c(c1)C(c1ccc(F)cc1)N(C(=O)CC(C)C)CC2)C(=O)N(CC)CC. The average Bonchev–Trinajstić information content (AvgIpc) is 2.82. The summed E-state index contributed by atoms with van der Waals surface area (Å²) in [6.45, 7) is 11.8. The number of halogens is 1. The van der Waals surface area contributed by atoms with Crippen LogP contribution < -0.4 is 4.74 Å². The van der Waals surface area contributed by atoms with E-state index in [1.54, 1.807) is 17.0 Å². The van der Waals surface area contributed by atoms with Gasteiger partial charge in [-0.25, -0.2) is 4.39 Å². The molecule has 2 atom stereocenters. The van der Waals surface area contributed by atoms with E-state index in [2.05, 4.69) is 0 Å². The number of hydrogen-bond donors (Lipinski definition) is 0. The highest BCUT2D eigenvalue weighted by Gasteiger charge is 2.33. The van der Waals surface area contributed by atoms with Crippen molar-refractivity contribution >= 4 is 11.8 Å². The van der Waals surface area contributed by atoms with Crippen LogP contribution in [0.5, 0.6) is 5.75 Å². The van der Waals surface area contributed by atoms with E-state index in [0.717, 1.165) is 23.1 Å². The van der Waals surface area contributed by atoms with E-state index in [1.807, 2.05) is 57.7 Å². The van der Waals surface area contributed by atoms with Crippen LogP contribution in [0.3, 0.4) is 0 Å². The average molecular weight is 469 g/mol. The van der Waals surface area contributed by atoms with Gasteiger partial charge in [-0.1, -0.05) is 39.0 Å². The van der Waals surface area contributed by atoms with Crippen LogP contribution in [0, 0.1) is 11.7 Å². The van der Waals surface area contributed by atoms with Crippen LogP contribution in [0.2, 0.25) is 0 Å². The predicted molar refractivity (Wildman–Crippen MR) is 132 cm³/mol. The summed E-state index contributed by atoms with van der Waals surface area (Å²) in [7, 11) is 0. The fourth-order valence-corrected chi connectivity index (χ4v) is 4.62. The molecular formula is C28H37FN2O3. The number of fused-ring (bicyclic) bond motifs is 1. The molecule has 2 aromatic carbocycles. The number of nitrogens with zero attached hydrogens (tertiary/aromatic N) is 2. The Balaban J connectivity index is 1.98. The van der Waals surface area contributed by atoms with E-state index in [9.17, 15) is 14.0 Å². The molecule has 0 aromatic heterocycles. The van der Waals surface area contributed by atoms with Crippen molar-refractivity contribution in [2.24, 2.45) is 5.92 Å². The Labute approximate surface area is 202 Å². The molecule has 0 spiro atoms. The largest absolute Gasteiger partial charge is 0.481 e. The Morgan fingerprint density at radius 3 is 2.35 bits per heavy atom. The van der Waals surface area contributed by atoms with Crippen molar-refractivity contribution in [1.29, 1.82) is 0 Å². The van der Waals surface area contributed by atoms with Crippen molar-refractivity contribution in [3.8, 4) is 5.75 Å². The molecule has 5 nitrogen and oxygen atoms in total. The summed E-state index contributed by atoms with van der Waals surface area (Å²) in [4.78, 5) is 29.8. The lowest BCUT2D eigenvalue weighted by Gasteiger charge is -2.38. The molecule has 1 heterocycles. The van der Waals surface area contributed by atoms with Crippen molar-refractivity contribution in [3.05, 3.63) is 65.0 Å². The molecule has 184 valence electrons. The monoisotopic (exact) mass is 468 g/mol. The Hall–Kier alpha value is -2.89. The zero-order chi connectivity index (χ0) is 24.8. The van der Waals surface area contributed by atoms with Gasteiger partial charge in [-0.05, 0) is 73.6 Å². The number of benzene rings is 2. The van der Waals surface area contributed by atoms with E-state index in [1.165, 1.54) is 12.1 Å². The minimum Gasteiger partial charge on any atom is -0.481 e. The molecule has 3 rings (SSSR count). The third-order valence-corrected chi connectivity index (χ3v) is 6.43. The molecule has 2 amide bonds. The number of amides is 2. The molecule has 0 fully saturated rings. The van der Waals surface area contributed by atoms with Gasteiger partial charge >= 0.3 is 0 Å². The maximum absolute atomic E-state index is 13.7. The summed E-state index contributed by atoms with van der Waals surface area (Å²) in [5.41, 5.74) is 2.97. The predicted octanol–water partition coefficient (Wildman–Crippen LogP) is 5.37. The first kappa shape index (κ1) is 25.7. The van der Waals surface area contributed by atoms with Crippen LogP contribution in [0.25, 0.3) is 0 Å². The van der Waals surface area contributed by atoms with E-state index in [-0.39, 0.29) is 29.6 Å². The molecule has 0 N–H and O–H groups in total. The van der Waals surface area contributed by atoms with Crippen LogP contribution in [-0.4, -0.2) is 47.4 Å². The molecule has 0 bridgehead atoms. The lowest BCUT2D eigenvalue weighted by Crippen LogP contribution is -2.42. The quantitative estimate of drug-likeness (QED) is 0.497. The van der Waals surface area contributed by atoms with Crippen molar-refractivity contribution in [2.45, 2.75) is 66.0 Å². The number of hydrogen-bond acceptors (Lipinski definition) is 3. The van der Waals surface area contributed by atoms with E-state index < -0.39 is 6.10 Å². The smallest absolute Gasteiger partial charge is 0.263 e. The van der Waals surface area contributed by atoms with Crippen LogP contribution in [0.15, 0.2) is 42.5 Å². The number of ether oxygens (including phenoxy) is 1. The second-order valence-electron chi connectivity index (χ2n) is 9.28. The minimum atomic E-state index is -0.565. The van der Waals surface area contributed by atoms with Gasteiger partial charge < -0.3 is 14.5 Å². The summed E-state index contributed by atoms with van der Waals surface area (Å²) < 4.78 is 19.9. The standard InChI is InChI=1S/C28H37FN2O3/c1-6-25(28(33)30(7-2)8-3)34-23-14-11-20-15-16-31(26(32)17-19(4)5)27(24(20)18-23)21-9-12-22(29)13-10-21/h9-14,18-19,25,27H,6-8,15-17H2,1-5H3. The van der Waals surface area contributed by atoms with E-state index in [0.29, 0.717) is 38.2 Å².